The molecule has 1 N–H and O–H groups in total. The first-order valence-electron chi connectivity index (χ1n) is 6.34. The number of rotatable bonds is 3. The molecule has 2 nitrogen and oxygen atoms in total. The Balaban J connectivity index is 2.19. The van der Waals surface area contributed by atoms with Crippen molar-refractivity contribution in [3.05, 3.63) is 65.5 Å². The summed E-state index contributed by atoms with van der Waals surface area (Å²) < 4.78 is 13.6. The van der Waals surface area contributed by atoms with Crippen molar-refractivity contribution in [1.29, 1.82) is 0 Å². The van der Waals surface area contributed by atoms with Gasteiger partial charge in [-0.15, -0.1) is 0 Å². The highest BCUT2D eigenvalue weighted by Gasteiger charge is 2.04. The molecule has 0 unspecified atom stereocenters. The zero-order valence-electron chi connectivity index (χ0n) is 11.3. The molecule has 0 bridgehead atoms. The Hall–Kier alpha value is -2.31. The summed E-state index contributed by atoms with van der Waals surface area (Å²) in [6.07, 6.45) is 0. The molecule has 0 saturated carbocycles. The normalized spacial score (nSPS) is 9.75. The van der Waals surface area contributed by atoms with Gasteiger partial charge in [-0.3, -0.25) is 0 Å². The van der Waals surface area contributed by atoms with E-state index in [1.165, 1.54) is 12.1 Å². The van der Waals surface area contributed by atoms with Crippen LogP contribution in [0.25, 0.3) is 0 Å². The number of hydrogen-bond acceptors (Lipinski definition) is 2. The molecule has 0 aliphatic heterocycles. The molecule has 0 aliphatic carbocycles. The average Bonchev–Trinajstić information content (AvgIpc) is 2.45. The number of anilines is 1. The Morgan fingerprint density at radius 1 is 1.15 bits per heavy atom. The van der Waals surface area contributed by atoms with E-state index in [0.29, 0.717) is 12.1 Å². The van der Waals surface area contributed by atoms with Gasteiger partial charge in [-0.25, -0.2) is 4.39 Å². The van der Waals surface area contributed by atoms with Crippen molar-refractivity contribution in [2.45, 2.75) is 6.54 Å². The van der Waals surface area contributed by atoms with Gasteiger partial charge in [-0.05, 0) is 35.9 Å². The quantitative estimate of drug-likeness (QED) is 0.866. The van der Waals surface area contributed by atoms with Gasteiger partial charge >= 0.3 is 0 Å². The lowest BCUT2D eigenvalue weighted by molar-refractivity contribution is 0.350. The zero-order valence-corrected chi connectivity index (χ0v) is 11.3. The van der Waals surface area contributed by atoms with Gasteiger partial charge in [0.1, 0.15) is 12.4 Å². The fraction of sp³-hybridized carbons (Fsp3) is 0.176. The molecule has 0 heterocycles. The van der Waals surface area contributed by atoms with Crippen molar-refractivity contribution >= 4 is 5.69 Å². The highest BCUT2D eigenvalue weighted by atomic mass is 19.1. The third kappa shape index (κ3) is 3.84. The van der Waals surface area contributed by atoms with Crippen LogP contribution in [-0.2, 0) is 6.54 Å². The molecular formula is C17H16FNO. The number of para-hydroxylation sites is 1. The molecule has 20 heavy (non-hydrogen) atoms. The highest BCUT2D eigenvalue weighted by Crippen LogP contribution is 2.16. The summed E-state index contributed by atoms with van der Waals surface area (Å²) in [5.41, 5.74) is 2.49. The molecule has 0 saturated heterocycles. The van der Waals surface area contributed by atoms with E-state index >= 15 is 0 Å². The molecule has 2 aromatic carbocycles. The average molecular weight is 269 g/mol. The lowest BCUT2D eigenvalue weighted by Gasteiger charge is -2.19. The van der Waals surface area contributed by atoms with Crippen LogP contribution in [0.4, 0.5) is 10.1 Å². The number of halogens is 1. The molecule has 0 atom stereocenters. The smallest absolute Gasteiger partial charge is 0.124 e. The van der Waals surface area contributed by atoms with Crippen LogP contribution in [0.3, 0.4) is 0 Å². The van der Waals surface area contributed by atoms with E-state index in [2.05, 4.69) is 11.8 Å². The van der Waals surface area contributed by atoms with Crippen LogP contribution in [0, 0.1) is 17.7 Å². The maximum absolute atomic E-state index is 13.6. The van der Waals surface area contributed by atoms with E-state index in [9.17, 15) is 4.39 Å². The zero-order chi connectivity index (χ0) is 14.4. The van der Waals surface area contributed by atoms with Crippen LogP contribution < -0.4 is 4.90 Å². The van der Waals surface area contributed by atoms with Crippen LogP contribution in [0.15, 0.2) is 48.5 Å². The summed E-state index contributed by atoms with van der Waals surface area (Å²) >= 11 is 0. The summed E-state index contributed by atoms with van der Waals surface area (Å²) in [5.74, 6) is 4.95. The number of hydrogen-bond donors (Lipinski definition) is 1. The SMILES string of the molecule is CN(Cc1cc(F)cc(C#CCO)c1)c1ccccc1. The van der Waals surface area contributed by atoms with Gasteiger partial charge < -0.3 is 10.0 Å². The molecule has 2 rings (SSSR count). The Kier molecular flexibility index (Phi) is 4.75. The molecule has 0 aliphatic rings. The van der Waals surface area contributed by atoms with Crippen molar-refractivity contribution in [3.63, 3.8) is 0 Å². The Morgan fingerprint density at radius 3 is 2.60 bits per heavy atom. The van der Waals surface area contributed by atoms with Crippen molar-refractivity contribution in [2.24, 2.45) is 0 Å². The monoisotopic (exact) mass is 269 g/mol. The molecule has 0 radical (unpaired) electrons. The number of aliphatic hydroxyl groups excluding tert-OH is 1. The molecule has 0 fully saturated rings. The lowest BCUT2D eigenvalue weighted by Crippen LogP contribution is -2.16. The minimum absolute atomic E-state index is 0.226. The molecule has 0 amide bonds. The van der Waals surface area contributed by atoms with Crippen LogP contribution >= 0.6 is 0 Å². The first-order chi connectivity index (χ1) is 9.69. The first kappa shape index (κ1) is 14.1. The minimum atomic E-state index is -0.314. The topological polar surface area (TPSA) is 23.5 Å². The van der Waals surface area contributed by atoms with Gasteiger partial charge in [0.05, 0.1) is 0 Å². The second kappa shape index (κ2) is 6.74. The van der Waals surface area contributed by atoms with E-state index in [0.717, 1.165) is 11.3 Å². The van der Waals surface area contributed by atoms with Crippen molar-refractivity contribution in [3.8, 4) is 11.8 Å². The molecule has 102 valence electrons. The molecular weight excluding hydrogens is 253 g/mol. The Labute approximate surface area is 118 Å². The van der Waals surface area contributed by atoms with Gasteiger partial charge in [-0.1, -0.05) is 30.0 Å². The van der Waals surface area contributed by atoms with Gasteiger partial charge in [0.25, 0.3) is 0 Å². The van der Waals surface area contributed by atoms with E-state index in [4.69, 9.17) is 5.11 Å². The van der Waals surface area contributed by atoms with Crippen LogP contribution in [0.5, 0.6) is 0 Å². The predicted octanol–water partition coefficient (Wildman–Crippen LogP) is 2.81. The predicted molar refractivity (Wildman–Crippen MR) is 78.9 cm³/mol. The van der Waals surface area contributed by atoms with Crippen LogP contribution in [-0.4, -0.2) is 18.8 Å². The maximum Gasteiger partial charge on any atom is 0.124 e. The van der Waals surface area contributed by atoms with Gasteiger partial charge in [0, 0.05) is 24.8 Å². The van der Waals surface area contributed by atoms with E-state index < -0.39 is 0 Å². The summed E-state index contributed by atoms with van der Waals surface area (Å²) in [6, 6.07) is 14.6. The summed E-state index contributed by atoms with van der Waals surface area (Å²) in [6.45, 7) is 0.366. The summed E-state index contributed by atoms with van der Waals surface area (Å²) in [7, 11) is 1.96. The van der Waals surface area contributed by atoms with E-state index in [1.807, 2.05) is 48.3 Å². The number of nitrogens with zero attached hydrogens (tertiary/aromatic N) is 1. The second-order valence-corrected chi connectivity index (χ2v) is 4.50. The summed E-state index contributed by atoms with van der Waals surface area (Å²) in [5, 5.41) is 8.68. The van der Waals surface area contributed by atoms with Crippen molar-refractivity contribution in [2.75, 3.05) is 18.6 Å². The first-order valence-corrected chi connectivity index (χ1v) is 6.34. The number of benzene rings is 2. The Morgan fingerprint density at radius 2 is 1.90 bits per heavy atom. The maximum atomic E-state index is 13.6. The fourth-order valence-corrected chi connectivity index (χ4v) is 2.00. The highest BCUT2D eigenvalue weighted by molar-refractivity contribution is 5.46. The Bertz CT molecular complexity index is 628. The van der Waals surface area contributed by atoms with Crippen molar-refractivity contribution in [1.82, 2.24) is 0 Å². The lowest BCUT2D eigenvalue weighted by atomic mass is 10.1. The van der Waals surface area contributed by atoms with Crippen LogP contribution in [0.2, 0.25) is 0 Å². The van der Waals surface area contributed by atoms with E-state index in [-0.39, 0.29) is 12.4 Å². The molecule has 0 spiro atoms. The van der Waals surface area contributed by atoms with Gasteiger partial charge in [-0.2, -0.15) is 0 Å². The standard InChI is InChI=1S/C17H16FNO/c1-19(17-7-3-2-4-8-17)13-15-10-14(6-5-9-20)11-16(18)12-15/h2-4,7-8,10-12,20H,9,13H2,1H3. The fourth-order valence-electron chi connectivity index (χ4n) is 2.00. The number of aliphatic hydroxyl groups is 1. The third-order valence-corrected chi connectivity index (χ3v) is 2.89. The van der Waals surface area contributed by atoms with Crippen molar-refractivity contribution < 1.29 is 9.50 Å². The van der Waals surface area contributed by atoms with E-state index in [1.54, 1.807) is 0 Å². The molecule has 2 aromatic rings. The van der Waals surface area contributed by atoms with Gasteiger partial charge in [0.2, 0.25) is 0 Å². The third-order valence-electron chi connectivity index (χ3n) is 2.89. The second-order valence-electron chi connectivity index (χ2n) is 4.50. The largest absolute Gasteiger partial charge is 0.384 e. The van der Waals surface area contributed by atoms with Gasteiger partial charge in [0.15, 0.2) is 0 Å². The molecule has 3 heteroatoms. The minimum Gasteiger partial charge on any atom is -0.384 e. The molecule has 0 aromatic heterocycles. The summed E-state index contributed by atoms with van der Waals surface area (Å²) in [4.78, 5) is 2.04. The van der Waals surface area contributed by atoms with Crippen LogP contribution in [0.1, 0.15) is 11.1 Å².